The minimum absolute atomic E-state index is 0.0918. The third kappa shape index (κ3) is 9.87. The van der Waals surface area contributed by atoms with E-state index in [4.69, 9.17) is 5.11 Å². The van der Waals surface area contributed by atoms with Gasteiger partial charge in [0.05, 0.1) is 0 Å². The van der Waals surface area contributed by atoms with Crippen LogP contribution >= 0.6 is 0 Å². The fraction of sp³-hybridized carbons (Fsp3) is 0.579. The molecule has 0 unspecified atom stereocenters. The lowest BCUT2D eigenvalue weighted by atomic mass is 10.0. The summed E-state index contributed by atoms with van der Waals surface area (Å²) in [4.78, 5) is 22.0. The molecule has 1 rings (SSSR count). The van der Waals surface area contributed by atoms with Crippen LogP contribution in [-0.2, 0) is 11.2 Å². The van der Waals surface area contributed by atoms with E-state index in [1.165, 1.54) is 44.1 Å². The fourth-order valence-electron chi connectivity index (χ4n) is 2.53. The lowest BCUT2D eigenvalue weighted by molar-refractivity contribution is -0.116. The van der Waals surface area contributed by atoms with E-state index in [1.54, 1.807) is 0 Å². The van der Waals surface area contributed by atoms with Crippen LogP contribution < -0.4 is 10.6 Å². The first kappa shape index (κ1) is 20.0. The van der Waals surface area contributed by atoms with Crippen molar-refractivity contribution in [2.45, 2.75) is 64.7 Å². The van der Waals surface area contributed by atoms with E-state index in [2.05, 4.69) is 29.7 Å². The highest BCUT2D eigenvalue weighted by Crippen LogP contribution is 2.14. The summed E-state index contributed by atoms with van der Waals surface area (Å²) in [6, 6.07) is 7.99. The molecule has 2 amide bonds. The zero-order chi connectivity index (χ0) is 17.6. The van der Waals surface area contributed by atoms with E-state index in [1.807, 2.05) is 12.1 Å². The summed E-state index contributed by atoms with van der Waals surface area (Å²) in [6.07, 6.45) is 8.59. The van der Waals surface area contributed by atoms with E-state index in [0.29, 0.717) is 19.4 Å². The minimum Gasteiger partial charge on any atom is -0.465 e. The van der Waals surface area contributed by atoms with Crippen molar-refractivity contribution < 1.29 is 14.7 Å². The van der Waals surface area contributed by atoms with Crippen LogP contribution in [0.15, 0.2) is 24.3 Å². The summed E-state index contributed by atoms with van der Waals surface area (Å²) in [5.41, 5.74) is 2.09. The number of hydrogen-bond donors (Lipinski definition) is 3. The van der Waals surface area contributed by atoms with Gasteiger partial charge in [0.15, 0.2) is 0 Å². The normalized spacial score (nSPS) is 10.4. The van der Waals surface area contributed by atoms with Gasteiger partial charge in [0.2, 0.25) is 5.91 Å². The number of unbranched alkanes of at least 4 members (excludes halogenated alkanes) is 5. The Balaban J connectivity index is 2.19. The van der Waals surface area contributed by atoms with E-state index in [9.17, 15) is 9.59 Å². The number of hydrogen-bond acceptors (Lipinski definition) is 2. The minimum atomic E-state index is -1.06. The van der Waals surface area contributed by atoms with Crippen molar-refractivity contribution in [3.8, 4) is 0 Å². The molecule has 0 aliphatic rings. The highest BCUT2D eigenvalue weighted by atomic mass is 16.4. The van der Waals surface area contributed by atoms with Crippen molar-refractivity contribution in [2.24, 2.45) is 0 Å². The first-order valence-corrected chi connectivity index (χ1v) is 8.97. The molecule has 0 spiro atoms. The number of nitrogens with one attached hydrogen (secondary N) is 2. The summed E-state index contributed by atoms with van der Waals surface area (Å²) in [5, 5.41) is 13.5. The Kier molecular flexibility index (Phi) is 10.3. The molecule has 1 aromatic rings. The Bertz CT molecular complexity index is 486. The van der Waals surface area contributed by atoms with Crippen LogP contribution in [0.4, 0.5) is 10.5 Å². The average Bonchev–Trinajstić information content (AvgIpc) is 2.56. The third-order valence-electron chi connectivity index (χ3n) is 3.91. The molecule has 0 atom stereocenters. The highest BCUT2D eigenvalue weighted by Gasteiger charge is 2.03. The zero-order valence-electron chi connectivity index (χ0n) is 14.6. The summed E-state index contributed by atoms with van der Waals surface area (Å²) < 4.78 is 0. The van der Waals surface area contributed by atoms with Crippen molar-refractivity contribution >= 4 is 17.7 Å². The van der Waals surface area contributed by atoms with E-state index in [-0.39, 0.29) is 5.91 Å². The van der Waals surface area contributed by atoms with Gasteiger partial charge >= 0.3 is 6.09 Å². The standard InChI is InChI=1S/C19H30N2O3/c1-2-3-4-5-6-7-9-16-11-13-17(14-12-16)21-18(22)10-8-15-20-19(23)24/h11-14,20H,2-10,15H2,1H3,(H,21,22)(H,23,24). The van der Waals surface area contributed by atoms with Crippen LogP contribution in [0.3, 0.4) is 0 Å². The van der Waals surface area contributed by atoms with Gasteiger partial charge in [0.25, 0.3) is 0 Å². The summed E-state index contributed by atoms with van der Waals surface area (Å²) in [7, 11) is 0. The topological polar surface area (TPSA) is 78.4 Å². The predicted octanol–water partition coefficient (Wildman–Crippen LogP) is 4.58. The molecule has 24 heavy (non-hydrogen) atoms. The predicted molar refractivity (Wildman–Crippen MR) is 97.4 cm³/mol. The van der Waals surface area contributed by atoms with Crippen LogP contribution in [0.25, 0.3) is 0 Å². The quantitative estimate of drug-likeness (QED) is 0.490. The molecular weight excluding hydrogens is 304 g/mol. The third-order valence-corrected chi connectivity index (χ3v) is 3.91. The van der Waals surface area contributed by atoms with Gasteiger partial charge in [-0.25, -0.2) is 4.79 Å². The van der Waals surface area contributed by atoms with Gasteiger partial charge in [-0.2, -0.15) is 0 Å². The maximum atomic E-state index is 11.8. The van der Waals surface area contributed by atoms with Crippen LogP contribution in [0.1, 0.15) is 63.9 Å². The average molecular weight is 334 g/mol. The van der Waals surface area contributed by atoms with Gasteiger partial charge < -0.3 is 15.7 Å². The summed E-state index contributed by atoms with van der Waals surface area (Å²) >= 11 is 0. The van der Waals surface area contributed by atoms with Gasteiger partial charge in [0.1, 0.15) is 0 Å². The molecule has 0 fully saturated rings. The second-order valence-electron chi connectivity index (χ2n) is 6.10. The van der Waals surface area contributed by atoms with E-state index < -0.39 is 6.09 Å². The fourth-order valence-corrected chi connectivity index (χ4v) is 2.53. The summed E-state index contributed by atoms with van der Waals surface area (Å²) in [6.45, 7) is 2.52. The largest absolute Gasteiger partial charge is 0.465 e. The number of aryl methyl sites for hydroxylation is 1. The van der Waals surface area contributed by atoms with Gasteiger partial charge in [0, 0.05) is 18.7 Å². The SMILES string of the molecule is CCCCCCCCc1ccc(NC(=O)CCCNC(=O)O)cc1. The Hall–Kier alpha value is -2.04. The molecular formula is C19H30N2O3. The molecule has 0 aromatic heterocycles. The molecule has 134 valence electrons. The molecule has 0 heterocycles. The number of anilines is 1. The van der Waals surface area contributed by atoms with Crippen LogP contribution in [0.5, 0.6) is 0 Å². The van der Waals surface area contributed by atoms with E-state index in [0.717, 1.165) is 12.1 Å². The number of amides is 2. The number of rotatable bonds is 12. The van der Waals surface area contributed by atoms with Gasteiger partial charge in [-0.05, 0) is 37.0 Å². The maximum absolute atomic E-state index is 11.8. The van der Waals surface area contributed by atoms with Gasteiger partial charge in [-0.3, -0.25) is 4.79 Å². The molecule has 0 bridgehead atoms. The molecule has 5 heteroatoms. The van der Waals surface area contributed by atoms with Crippen molar-refractivity contribution in [1.82, 2.24) is 5.32 Å². The van der Waals surface area contributed by atoms with Gasteiger partial charge in [-0.1, -0.05) is 51.2 Å². The maximum Gasteiger partial charge on any atom is 0.404 e. The second kappa shape index (κ2) is 12.4. The molecule has 3 N–H and O–H groups in total. The Morgan fingerprint density at radius 3 is 2.29 bits per heavy atom. The second-order valence-corrected chi connectivity index (χ2v) is 6.10. The molecule has 0 saturated carbocycles. The zero-order valence-corrected chi connectivity index (χ0v) is 14.6. The summed E-state index contributed by atoms with van der Waals surface area (Å²) in [5.74, 6) is -0.0918. The molecule has 0 aliphatic heterocycles. The molecule has 0 aliphatic carbocycles. The van der Waals surface area contributed by atoms with Crippen molar-refractivity contribution in [3.63, 3.8) is 0 Å². The lowest BCUT2D eigenvalue weighted by Crippen LogP contribution is -2.23. The number of carbonyl (C=O) groups is 2. The van der Waals surface area contributed by atoms with Crippen LogP contribution in [0, 0.1) is 0 Å². The van der Waals surface area contributed by atoms with Crippen molar-refractivity contribution in [2.75, 3.05) is 11.9 Å². The Labute approximate surface area is 144 Å². The van der Waals surface area contributed by atoms with Crippen molar-refractivity contribution in [3.05, 3.63) is 29.8 Å². The number of carboxylic acid groups (broad SMARTS) is 1. The van der Waals surface area contributed by atoms with E-state index >= 15 is 0 Å². The molecule has 0 radical (unpaired) electrons. The molecule has 5 nitrogen and oxygen atoms in total. The highest BCUT2D eigenvalue weighted by molar-refractivity contribution is 5.90. The monoisotopic (exact) mass is 334 g/mol. The number of benzene rings is 1. The molecule has 1 aromatic carbocycles. The van der Waals surface area contributed by atoms with Gasteiger partial charge in [-0.15, -0.1) is 0 Å². The van der Waals surface area contributed by atoms with Crippen molar-refractivity contribution in [1.29, 1.82) is 0 Å². The Morgan fingerprint density at radius 2 is 1.62 bits per heavy atom. The van der Waals surface area contributed by atoms with Crippen LogP contribution in [0.2, 0.25) is 0 Å². The van der Waals surface area contributed by atoms with Crippen LogP contribution in [-0.4, -0.2) is 23.7 Å². The lowest BCUT2D eigenvalue weighted by Gasteiger charge is -2.07. The first-order chi connectivity index (χ1) is 11.6. The Morgan fingerprint density at radius 1 is 0.958 bits per heavy atom. The molecule has 0 saturated heterocycles. The smallest absolute Gasteiger partial charge is 0.404 e. The number of carbonyl (C=O) groups excluding carboxylic acids is 1. The first-order valence-electron chi connectivity index (χ1n) is 8.97.